The Hall–Kier alpha value is -2.90. The third-order valence-electron chi connectivity index (χ3n) is 3.61. The van der Waals surface area contributed by atoms with Crippen molar-refractivity contribution in [2.75, 3.05) is 6.61 Å². The van der Waals surface area contributed by atoms with E-state index in [1.807, 2.05) is 31.5 Å². The molecule has 8 nitrogen and oxygen atoms in total. The van der Waals surface area contributed by atoms with E-state index in [2.05, 4.69) is 10.4 Å². The highest BCUT2D eigenvalue weighted by Gasteiger charge is 2.15. The molecular formula is C17H22N4O4. The molecule has 8 heteroatoms. The fourth-order valence-electron chi connectivity index (χ4n) is 2.50. The van der Waals surface area contributed by atoms with Crippen molar-refractivity contribution in [1.82, 2.24) is 15.1 Å². The summed E-state index contributed by atoms with van der Waals surface area (Å²) in [4.78, 5) is 22.4. The summed E-state index contributed by atoms with van der Waals surface area (Å²) < 4.78 is 7.22. The van der Waals surface area contributed by atoms with Crippen LogP contribution < -0.4 is 10.1 Å². The van der Waals surface area contributed by atoms with E-state index in [1.165, 1.54) is 12.1 Å². The number of rotatable bonds is 8. The number of carbonyl (C=O) groups excluding carboxylic acids is 1. The summed E-state index contributed by atoms with van der Waals surface area (Å²) in [5.74, 6) is -0.0106. The maximum absolute atomic E-state index is 12.0. The highest BCUT2D eigenvalue weighted by atomic mass is 16.6. The zero-order chi connectivity index (χ0) is 18.4. The number of aryl methyl sites for hydroxylation is 2. The van der Waals surface area contributed by atoms with Gasteiger partial charge in [0.25, 0.3) is 0 Å². The molecule has 1 amide bonds. The fraction of sp³-hybridized carbons (Fsp3) is 0.412. The maximum atomic E-state index is 12.0. The predicted molar refractivity (Wildman–Crippen MR) is 92.5 cm³/mol. The number of benzene rings is 1. The second-order valence-electron chi connectivity index (χ2n) is 5.90. The van der Waals surface area contributed by atoms with Gasteiger partial charge in [-0.25, -0.2) is 0 Å². The Morgan fingerprint density at radius 3 is 2.76 bits per heavy atom. The van der Waals surface area contributed by atoms with Crippen LogP contribution in [-0.4, -0.2) is 33.3 Å². The molecule has 0 saturated heterocycles. The third kappa shape index (κ3) is 5.30. The van der Waals surface area contributed by atoms with Crippen LogP contribution in [0.5, 0.6) is 5.75 Å². The molecule has 2 rings (SSSR count). The number of para-hydroxylation sites is 2. The Morgan fingerprint density at radius 1 is 1.40 bits per heavy atom. The highest BCUT2D eigenvalue weighted by molar-refractivity contribution is 5.76. The van der Waals surface area contributed by atoms with Crippen molar-refractivity contribution in [2.45, 2.75) is 39.8 Å². The van der Waals surface area contributed by atoms with Crippen LogP contribution in [0.2, 0.25) is 0 Å². The van der Waals surface area contributed by atoms with Crippen molar-refractivity contribution < 1.29 is 14.5 Å². The van der Waals surface area contributed by atoms with Crippen LogP contribution in [0, 0.1) is 24.0 Å². The standard InChI is InChI=1S/C17H22N4O4/c1-12-10-14(3)20(19-12)11-13(2)18-17(22)8-9-25-16-7-5-4-6-15(16)21(23)24/h4-7,10,13H,8-9,11H2,1-3H3,(H,18,22). The first-order valence-electron chi connectivity index (χ1n) is 8.03. The van der Waals surface area contributed by atoms with E-state index in [0.29, 0.717) is 6.54 Å². The summed E-state index contributed by atoms with van der Waals surface area (Å²) in [7, 11) is 0. The molecule has 0 aliphatic rings. The molecule has 1 atom stereocenters. The largest absolute Gasteiger partial charge is 0.486 e. The van der Waals surface area contributed by atoms with Crippen molar-refractivity contribution in [3.05, 3.63) is 51.8 Å². The number of nitro groups is 1. The van der Waals surface area contributed by atoms with Gasteiger partial charge in [-0.1, -0.05) is 12.1 Å². The molecule has 1 heterocycles. The normalized spacial score (nSPS) is 11.8. The Labute approximate surface area is 145 Å². The first kappa shape index (κ1) is 18.4. The molecular weight excluding hydrogens is 324 g/mol. The van der Waals surface area contributed by atoms with Gasteiger partial charge in [-0.05, 0) is 32.9 Å². The number of hydrogen-bond acceptors (Lipinski definition) is 5. The second kappa shape index (κ2) is 8.27. The molecule has 0 bridgehead atoms. The summed E-state index contributed by atoms with van der Waals surface area (Å²) in [6.07, 6.45) is 0.119. The smallest absolute Gasteiger partial charge is 0.310 e. The Morgan fingerprint density at radius 2 is 2.12 bits per heavy atom. The summed E-state index contributed by atoms with van der Waals surface area (Å²) in [6, 6.07) is 8.00. The van der Waals surface area contributed by atoms with Crippen LogP contribution in [0.3, 0.4) is 0 Å². The Kier molecular flexibility index (Phi) is 6.10. The minimum Gasteiger partial charge on any atom is -0.486 e. The van der Waals surface area contributed by atoms with E-state index >= 15 is 0 Å². The van der Waals surface area contributed by atoms with Crippen molar-refractivity contribution >= 4 is 11.6 Å². The molecule has 0 radical (unpaired) electrons. The number of carbonyl (C=O) groups is 1. The van der Waals surface area contributed by atoms with E-state index in [0.717, 1.165) is 11.4 Å². The molecule has 0 spiro atoms. The topological polar surface area (TPSA) is 99.3 Å². The van der Waals surface area contributed by atoms with Crippen LogP contribution in [0.25, 0.3) is 0 Å². The van der Waals surface area contributed by atoms with Gasteiger partial charge < -0.3 is 10.1 Å². The van der Waals surface area contributed by atoms with Crippen LogP contribution in [0.4, 0.5) is 5.69 Å². The lowest BCUT2D eigenvalue weighted by atomic mass is 10.3. The molecule has 1 aromatic heterocycles. The molecule has 1 aromatic carbocycles. The first-order chi connectivity index (χ1) is 11.9. The summed E-state index contributed by atoms with van der Waals surface area (Å²) in [6.45, 7) is 6.44. The quantitative estimate of drug-likeness (QED) is 0.584. The number of amides is 1. The van der Waals surface area contributed by atoms with Gasteiger partial charge in [0.2, 0.25) is 5.91 Å². The van der Waals surface area contributed by atoms with E-state index in [1.54, 1.807) is 12.1 Å². The lowest BCUT2D eigenvalue weighted by Crippen LogP contribution is -2.36. The van der Waals surface area contributed by atoms with Crippen LogP contribution in [0.1, 0.15) is 24.7 Å². The van der Waals surface area contributed by atoms with Gasteiger partial charge in [0.05, 0.1) is 30.2 Å². The van der Waals surface area contributed by atoms with Crippen molar-refractivity contribution in [3.63, 3.8) is 0 Å². The minimum atomic E-state index is -0.508. The molecule has 0 aliphatic carbocycles. The number of nitrogens with one attached hydrogen (secondary N) is 1. The van der Waals surface area contributed by atoms with Gasteiger partial charge in [0.15, 0.2) is 5.75 Å². The van der Waals surface area contributed by atoms with Gasteiger partial charge in [-0.15, -0.1) is 0 Å². The number of ether oxygens (including phenoxy) is 1. The van der Waals surface area contributed by atoms with Gasteiger partial charge in [0.1, 0.15) is 0 Å². The van der Waals surface area contributed by atoms with Gasteiger partial charge >= 0.3 is 5.69 Å². The Bertz CT molecular complexity index is 757. The minimum absolute atomic E-state index is 0.0727. The second-order valence-corrected chi connectivity index (χ2v) is 5.90. The number of nitro benzene ring substituents is 1. The number of aromatic nitrogens is 2. The highest BCUT2D eigenvalue weighted by Crippen LogP contribution is 2.25. The zero-order valence-corrected chi connectivity index (χ0v) is 14.6. The lowest BCUT2D eigenvalue weighted by Gasteiger charge is -2.15. The van der Waals surface area contributed by atoms with Crippen molar-refractivity contribution in [1.29, 1.82) is 0 Å². The SMILES string of the molecule is Cc1cc(C)n(CC(C)NC(=O)CCOc2ccccc2[N+](=O)[O-])n1. The molecule has 0 saturated carbocycles. The fourth-order valence-corrected chi connectivity index (χ4v) is 2.50. The van der Waals surface area contributed by atoms with E-state index in [4.69, 9.17) is 4.74 Å². The van der Waals surface area contributed by atoms with Gasteiger partial charge in [-0.3, -0.25) is 19.6 Å². The monoisotopic (exact) mass is 346 g/mol. The van der Waals surface area contributed by atoms with Crippen LogP contribution in [0.15, 0.2) is 30.3 Å². The third-order valence-corrected chi connectivity index (χ3v) is 3.61. The summed E-state index contributed by atoms with van der Waals surface area (Å²) in [5, 5.41) is 18.1. The average Bonchev–Trinajstić information content (AvgIpc) is 2.84. The van der Waals surface area contributed by atoms with E-state index in [9.17, 15) is 14.9 Å². The first-order valence-corrected chi connectivity index (χ1v) is 8.03. The average molecular weight is 346 g/mol. The van der Waals surface area contributed by atoms with Gasteiger partial charge in [0, 0.05) is 17.8 Å². The van der Waals surface area contributed by atoms with E-state index < -0.39 is 4.92 Å². The molecule has 25 heavy (non-hydrogen) atoms. The van der Waals surface area contributed by atoms with Gasteiger partial charge in [-0.2, -0.15) is 5.10 Å². The Balaban J connectivity index is 1.79. The molecule has 134 valence electrons. The number of nitrogens with zero attached hydrogens (tertiary/aromatic N) is 3. The van der Waals surface area contributed by atoms with Crippen LogP contribution in [-0.2, 0) is 11.3 Å². The molecule has 1 N–H and O–H groups in total. The number of hydrogen-bond donors (Lipinski definition) is 1. The van der Waals surface area contributed by atoms with Crippen molar-refractivity contribution in [2.24, 2.45) is 0 Å². The molecule has 1 unspecified atom stereocenters. The molecule has 0 aliphatic heterocycles. The summed E-state index contributed by atoms with van der Waals surface area (Å²) >= 11 is 0. The van der Waals surface area contributed by atoms with Crippen LogP contribution >= 0.6 is 0 Å². The maximum Gasteiger partial charge on any atom is 0.310 e. The van der Waals surface area contributed by atoms with Crippen molar-refractivity contribution in [3.8, 4) is 5.75 Å². The molecule has 0 fully saturated rings. The summed E-state index contributed by atoms with van der Waals surface area (Å²) in [5.41, 5.74) is 1.87. The van der Waals surface area contributed by atoms with E-state index in [-0.39, 0.29) is 36.4 Å². The predicted octanol–water partition coefficient (Wildman–Crippen LogP) is 2.38. The lowest BCUT2D eigenvalue weighted by molar-refractivity contribution is -0.385. The zero-order valence-electron chi connectivity index (χ0n) is 14.6. The molecule has 2 aromatic rings.